The lowest BCUT2D eigenvalue weighted by Crippen LogP contribution is -2.15. The number of carbonyl (C=O) groups is 1. The van der Waals surface area contributed by atoms with Gasteiger partial charge < -0.3 is 5.32 Å². The normalized spacial score (nSPS) is 11.2. The van der Waals surface area contributed by atoms with Crippen LogP contribution < -0.4 is 10.0 Å². The molecule has 0 atom stereocenters. The molecule has 1 aromatic carbocycles. The lowest BCUT2D eigenvalue weighted by molar-refractivity contribution is -0.116. The Morgan fingerprint density at radius 3 is 2.18 bits per heavy atom. The number of nitrogens with zero attached hydrogens (tertiary/aromatic N) is 2. The summed E-state index contributed by atoms with van der Waals surface area (Å²) in [7, 11) is -3.77. The molecule has 8 heteroatoms. The lowest BCUT2D eigenvalue weighted by Gasteiger charge is -2.08. The number of anilines is 2. The highest BCUT2D eigenvalue weighted by Crippen LogP contribution is 2.17. The first-order valence-electron chi connectivity index (χ1n) is 9.71. The van der Waals surface area contributed by atoms with Crippen molar-refractivity contribution in [2.45, 2.75) is 63.2 Å². The monoisotopic (exact) mass is 404 g/mol. The summed E-state index contributed by atoms with van der Waals surface area (Å²) in [5.41, 5.74) is 0.572. The molecular formula is C20H28N4O3S. The molecule has 0 bridgehead atoms. The SMILES string of the molecule is CCCCCCCCCC(=O)Nc1ccc(S(=O)(=O)Nc2ncccn2)cc1. The van der Waals surface area contributed by atoms with Crippen LogP contribution in [0.25, 0.3) is 0 Å². The van der Waals surface area contributed by atoms with E-state index in [1.54, 1.807) is 18.2 Å². The maximum absolute atomic E-state index is 12.3. The van der Waals surface area contributed by atoms with Crippen LogP contribution in [-0.4, -0.2) is 24.3 Å². The Balaban J connectivity index is 1.78. The summed E-state index contributed by atoms with van der Waals surface area (Å²) in [6, 6.07) is 7.62. The summed E-state index contributed by atoms with van der Waals surface area (Å²) < 4.78 is 27.0. The Hall–Kier alpha value is -2.48. The summed E-state index contributed by atoms with van der Waals surface area (Å²) >= 11 is 0. The fourth-order valence-corrected chi connectivity index (χ4v) is 3.67. The van der Waals surface area contributed by atoms with Crippen LogP contribution in [0.15, 0.2) is 47.6 Å². The van der Waals surface area contributed by atoms with Crippen molar-refractivity contribution >= 4 is 27.6 Å². The number of carbonyl (C=O) groups excluding carboxylic acids is 1. The van der Waals surface area contributed by atoms with Gasteiger partial charge in [-0.2, -0.15) is 0 Å². The van der Waals surface area contributed by atoms with E-state index >= 15 is 0 Å². The second-order valence-corrected chi connectivity index (χ2v) is 8.30. The number of sulfonamides is 1. The first-order valence-corrected chi connectivity index (χ1v) is 11.2. The molecule has 0 saturated carbocycles. The summed E-state index contributed by atoms with van der Waals surface area (Å²) in [5, 5.41) is 2.80. The van der Waals surface area contributed by atoms with E-state index in [1.807, 2.05) is 0 Å². The molecule has 2 rings (SSSR count). The maximum Gasteiger partial charge on any atom is 0.264 e. The Morgan fingerprint density at radius 1 is 0.929 bits per heavy atom. The fourth-order valence-electron chi connectivity index (χ4n) is 2.71. The van der Waals surface area contributed by atoms with Crippen molar-refractivity contribution in [2.75, 3.05) is 10.0 Å². The molecule has 7 nitrogen and oxygen atoms in total. The van der Waals surface area contributed by atoms with Crippen molar-refractivity contribution in [1.82, 2.24) is 9.97 Å². The molecule has 0 fully saturated rings. The number of amides is 1. The quantitative estimate of drug-likeness (QED) is 0.512. The van der Waals surface area contributed by atoms with Crippen molar-refractivity contribution < 1.29 is 13.2 Å². The van der Waals surface area contributed by atoms with Crippen molar-refractivity contribution in [1.29, 1.82) is 0 Å². The zero-order valence-corrected chi connectivity index (χ0v) is 17.0. The summed E-state index contributed by atoms with van der Waals surface area (Å²) in [6.07, 6.45) is 11.5. The van der Waals surface area contributed by atoms with E-state index in [1.165, 1.54) is 50.2 Å². The summed E-state index contributed by atoms with van der Waals surface area (Å²) in [5.74, 6) is -0.0467. The highest BCUT2D eigenvalue weighted by molar-refractivity contribution is 7.92. The smallest absolute Gasteiger partial charge is 0.264 e. The average molecular weight is 405 g/mol. The maximum atomic E-state index is 12.3. The molecule has 152 valence electrons. The van der Waals surface area contributed by atoms with E-state index < -0.39 is 10.0 Å². The third kappa shape index (κ3) is 7.64. The molecule has 2 N–H and O–H groups in total. The molecule has 0 aliphatic rings. The minimum absolute atomic E-state index is 0.00886. The predicted octanol–water partition coefficient (Wildman–Crippen LogP) is 4.36. The third-order valence-electron chi connectivity index (χ3n) is 4.25. The fraction of sp³-hybridized carbons (Fsp3) is 0.450. The minimum atomic E-state index is -3.77. The highest BCUT2D eigenvalue weighted by Gasteiger charge is 2.15. The van der Waals surface area contributed by atoms with Crippen LogP contribution in [0.1, 0.15) is 58.3 Å². The molecule has 28 heavy (non-hydrogen) atoms. The Labute approximate surface area is 167 Å². The van der Waals surface area contributed by atoms with Crippen molar-refractivity contribution in [3.05, 3.63) is 42.7 Å². The number of benzene rings is 1. The van der Waals surface area contributed by atoms with Gasteiger partial charge in [-0.05, 0) is 36.8 Å². The standard InChI is InChI=1S/C20H28N4O3S/c1-2-3-4-5-6-7-8-10-19(25)23-17-11-13-18(14-12-17)28(26,27)24-20-21-15-9-16-22-20/h9,11-16H,2-8,10H2,1H3,(H,23,25)(H,21,22,24). The Bertz CT molecular complexity index is 824. The van der Waals surface area contributed by atoms with Gasteiger partial charge in [-0.1, -0.05) is 45.4 Å². The summed E-state index contributed by atoms with van der Waals surface area (Å²) in [6.45, 7) is 2.19. The van der Waals surface area contributed by atoms with Crippen LogP contribution in [0.5, 0.6) is 0 Å². The van der Waals surface area contributed by atoms with Crippen LogP contribution in [-0.2, 0) is 14.8 Å². The average Bonchev–Trinajstić information content (AvgIpc) is 2.68. The van der Waals surface area contributed by atoms with Gasteiger partial charge in [0.15, 0.2) is 0 Å². The van der Waals surface area contributed by atoms with E-state index in [2.05, 4.69) is 26.9 Å². The number of aromatic nitrogens is 2. The third-order valence-corrected chi connectivity index (χ3v) is 5.59. The van der Waals surface area contributed by atoms with Crippen molar-refractivity contribution in [2.24, 2.45) is 0 Å². The second-order valence-electron chi connectivity index (χ2n) is 6.62. The van der Waals surface area contributed by atoms with Gasteiger partial charge >= 0.3 is 0 Å². The Morgan fingerprint density at radius 2 is 1.54 bits per heavy atom. The van der Waals surface area contributed by atoms with E-state index in [9.17, 15) is 13.2 Å². The van der Waals surface area contributed by atoms with Crippen molar-refractivity contribution in [3.8, 4) is 0 Å². The Kier molecular flexibility index (Phi) is 8.87. The number of rotatable bonds is 12. The molecule has 0 aliphatic carbocycles. The molecule has 1 aromatic heterocycles. The minimum Gasteiger partial charge on any atom is -0.326 e. The first-order chi connectivity index (χ1) is 13.5. The molecule has 0 radical (unpaired) electrons. The first kappa shape index (κ1) is 21.8. The number of unbranched alkanes of at least 4 members (excludes halogenated alkanes) is 6. The number of hydrogen-bond acceptors (Lipinski definition) is 5. The molecule has 2 aromatic rings. The van der Waals surface area contributed by atoms with Gasteiger partial charge in [0.1, 0.15) is 0 Å². The van der Waals surface area contributed by atoms with Crippen LogP contribution in [0.4, 0.5) is 11.6 Å². The zero-order valence-electron chi connectivity index (χ0n) is 16.2. The molecule has 0 spiro atoms. The van der Waals surface area contributed by atoms with Crippen LogP contribution in [0, 0.1) is 0 Å². The summed E-state index contributed by atoms with van der Waals surface area (Å²) in [4.78, 5) is 19.8. The number of nitrogens with one attached hydrogen (secondary N) is 2. The van der Waals surface area contributed by atoms with Gasteiger partial charge in [-0.15, -0.1) is 0 Å². The van der Waals surface area contributed by atoms with Gasteiger partial charge in [0.25, 0.3) is 10.0 Å². The highest BCUT2D eigenvalue weighted by atomic mass is 32.2. The molecule has 0 aliphatic heterocycles. The molecule has 1 amide bonds. The largest absolute Gasteiger partial charge is 0.326 e. The number of hydrogen-bond donors (Lipinski definition) is 2. The van der Waals surface area contributed by atoms with E-state index in [-0.39, 0.29) is 16.8 Å². The van der Waals surface area contributed by atoms with Gasteiger partial charge in [0.2, 0.25) is 11.9 Å². The van der Waals surface area contributed by atoms with Crippen LogP contribution >= 0.6 is 0 Å². The molecule has 0 unspecified atom stereocenters. The van der Waals surface area contributed by atoms with Gasteiger partial charge in [-0.25, -0.2) is 23.1 Å². The lowest BCUT2D eigenvalue weighted by atomic mass is 10.1. The topological polar surface area (TPSA) is 101 Å². The van der Waals surface area contributed by atoms with E-state index in [4.69, 9.17) is 0 Å². The molecule has 0 saturated heterocycles. The van der Waals surface area contributed by atoms with Gasteiger partial charge in [0.05, 0.1) is 4.90 Å². The van der Waals surface area contributed by atoms with Crippen LogP contribution in [0.2, 0.25) is 0 Å². The van der Waals surface area contributed by atoms with Crippen LogP contribution in [0.3, 0.4) is 0 Å². The van der Waals surface area contributed by atoms with E-state index in [0.717, 1.165) is 19.3 Å². The van der Waals surface area contributed by atoms with Gasteiger partial charge in [-0.3, -0.25) is 4.79 Å². The predicted molar refractivity (Wildman–Crippen MR) is 111 cm³/mol. The van der Waals surface area contributed by atoms with Gasteiger partial charge in [0, 0.05) is 24.5 Å². The zero-order chi connectivity index (χ0) is 20.2. The molecular weight excluding hydrogens is 376 g/mol. The second kappa shape index (κ2) is 11.4. The van der Waals surface area contributed by atoms with Crippen molar-refractivity contribution in [3.63, 3.8) is 0 Å². The molecule has 1 heterocycles. The van der Waals surface area contributed by atoms with E-state index in [0.29, 0.717) is 12.1 Å².